The standard InChI is InChI=1S/C14H11BrCl2N2O2/c1-8(11-4-3-10(16)7-12(11)17)18-13-6-9(15)2-5-14(13)19(20)21/h2-8,18H,1H3/t8-/m1/s1. The second-order valence-corrected chi connectivity index (χ2v) is 6.21. The smallest absolute Gasteiger partial charge is 0.292 e. The van der Waals surface area contributed by atoms with Crippen molar-refractivity contribution in [2.75, 3.05) is 5.32 Å². The molecule has 0 amide bonds. The first-order valence-electron chi connectivity index (χ1n) is 6.04. The van der Waals surface area contributed by atoms with Crippen LogP contribution in [0.2, 0.25) is 10.0 Å². The van der Waals surface area contributed by atoms with Crippen LogP contribution in [0.3, 0.4) is 0 Å². The van der Waals surface area contributed by atoms with Crippen molar-refractivity contribution in [2.24, 2.45) is 0 Å². The van der Waals surface area contributed by atoms with Crippen molar-refractivity contribution in [2.45, 2.75) is 13.0 Å². The molecule has 0 radical (unpaired) electrons. The molecule has 0 saturated heterocycles. The number of nitro benzene ring substituents is 1. The first kappa shape index (κ1) is 16.1. The van der Waals surface area contributed by atoms with Gasteiger partial charge < -0.3 is 5.32 Å². The summed E-state index contributed by atoms with van der Waals surface area (Å²) in [6.07, 6.45) is 0. The van der Waals surface area contributed by atoms with Crippen LogP contribution in [-0.4, -0.2) is 4.92 Å². The number of nitrogens with zero attached hydrogens (tertiary/aromatic N) is 1. The minimum absolute atomic E-state index is 0.00939. The summed E-state index contributed by atoms with van der Waals surface area (Å²) >= 11 is 15.3. The van der Waals surface area contributed by atoms with Gasteiger partial charge in [0.15, 0.2) is 0 Å². The van der Waals surface area contributed by atoms with Crippen molar-refractivity contribution in [1.29, 1.82) is 0 Å². The van der Waals surface area contributed by atoms with Crippen molar-refractivity contribution >= 4 is 50.5 Å². The molecule has 0 aromatic heterocycles. The summed E-state index contributed by atoms with van der Waals surface area (Å²) in [5.41, 5.74) is 1.25. The zero-order chi connectivity index (χ0) is 15.6. The molecule has 2 aromatic carbocycles. The fraction of sp³-hybridized carbons (Fsp3) is 0.143. The quantitative estimate of drug-likeness (QED) is 0.528. The van der Waals surface area contributed by atoms with Crippen LogP contribution in [0.15, 0.2) is 40.9 Å². The van der Waals surface area contributed by atoms with Gasteiger partial charge in [0.05, 0.1) is 11.0 Å². The Morgan fingerprint density at radius 1 is 1.24 bits per heavy atom. The maximum atomic E-state index is 11.1. The fourth-order valence-corrected chi connectivity index (χ4v) is 2.88. The third-order valence-corrected chi connectivity index (χ3v) is 4.01. The highest BCUT2D eigenvalue weighted by molar-refractivity contribution is 9.10. The van der Waals surface area contributed by atoms with Crippen LogP contribution in [0.1, 0.15) is 18.5 Å². The first-order chi connectivity index (χ1) is 9.88. The molecular formula is C14H11BrCl2N2O2. The average molecular weight is 390 g/mol. The number of anilines is 1. The molecule has 110 valence electrons. The molecule has 0 spiro atoms. The molecule has 0 unspecified atom stereocenters. The van der Waals surface area contributed by atoms with Gasteiger partial charge in [-0.2, -0.15) is 0 Å². The molecule has 0 aliphatic rings. The van der Waals surface area contributed by atoms with E-state index in [0.717, 1.165) is 10.0 Å². The normalized spacial score (nSPS) is 12.0. The summed E-state index contributed by atoms with van der Waals surface area (Å²) in [5, 5.41) is 15.2. The Morgan fingerprint density at radius 3 is 2.57 bits per heavy atom. The number of halogens is 3. The molecule has 1 atom stereocenters. The molecule has 2 aromatic rings. The monoisotopic (exact) mass is 388 g/mol. The minimum atomic E-state index is -0.426. The molecule has 1 N–H and O–H groups in total. The third-order valence-electron chi connectivity index (χ3n) is 2.96. The van der Waals surface area contributed by atoms with E-state index >= 15 is 0 Å². The van der Waals surface area contributed by atoms with E-state index in [1.54, 1.807) is 30.3 Å². The van der Waals surface area contributed by atoms with E-state index in [9.17, 15) is 10.1 Å². The number of hydrogen-bond donors (Lipinski definition) is 1. The lowest BCUT2D eigenvalue weighted by molar-refractivity contribution is -0.384. The van der Waals surface area contributed by atoms with Gasteiger partial charge in [-0.1, -0.05) is 45.2 Å². The highest BCUT2D eigenvalue weighted by Crippen LogP contribution is 2.33. The predicted octanol–water partition coefficient (Wildman–Crippen LogP) is 5.84. The second-order valence-electron chi connectivity index (χ2n) is 4.45. The summed E-state index contributed by atoms with van der Waals surface area (Å²) < 4.78 is 0.755. The molecule has 0 aliphatic heterocycles. The predicted molar refractivity (Wildman–Crippen MR) is 89.3 cm³/mol. The van der Waals surface area contributed by atoms with Gasteiger partial charge in [0, 0.05) is 20.6 Å². The summed E-state index contributed by atoms with van der Waals surface area (Å²) in [7, 11) is 0. The molecule has 0 heterocycles. The second kappa shape index (κ2) is 6.64. The van der Waals surface area contributed by atoms with Crippen molar-refractivity contribution in [3.05, 3.63) is 66.6 Å². The van der Waals surface area contributed by atoms with E-state index in [-0.39, 0.29) is 11.7 Å². The van der Waals surface area contributed by atoms with Crippen LogP contribution in [0.4, 0.5) is 11.4 Å². The average Bonchev–Trinajstić information content (AvgIpc) is 2.37. The van der Waals surface area contributed by atoms with Gasteiger partial charge in [0.1, 0.15) is 5.69 Å². The third kappa shape index (κ3) is 3.87. The summed E-state index contributed by atoms with van der Waals surface area (Å²) in [6.45, 7) is 1.87. The van der Waals surface area contributed by atoms with Gasteiger partial charge in [-0.3, -0.25) is 10.1 Å². The van der Waals surface area contributed by atoms with Gasteiger partial charge >= 0.3 is 0 Å². The van der Waals surface area contributed by atoms with E-state index in [2.05, 4.69) is 21.2 Å². The topological polar surface area (TPSA) is 55.2 Å². The van der Waals surface area contributed by atoms with Crippen molar-refractivity contribution in [3.63, 3.8) is 0 Å². The van der Waals surface area contributed by atoms with Crippen LogP contribution >= 0.6 is 39.1 Å². The lowest BCUT2D eigenvalue weighted by Crippen LogP contribution is -2.09. The molecule has 7 heteroatoms. The van der Waals surface area contributed by atoms with E-state index in [1.165, 1.54) is 6.07 Å². The maximum absolute atomic E-state index is 11.1. The Morgan fingerprint density at radius 2 is 1.95 bits per heavy atom. The zero-order valence-corrected chi connectivity index (χ0v) is 14.0. The maximum Gasteiger partial charge on any atom is 0.292 e. The van der Waals surface area contributed by atoms with Crippen molar-refractivity contribution in [3.8, 4) is 0 Å². The number of nitrogens with one attached hydrogen (secondary N) is 1. The van der Waals surface area contributed by atoms with E-state index in [1.807, 2.05) is 6.92 Å². The van der Waals surface area contributed by atoms with Crippen molar-refractivity contribution in [1.82, 2.24) is 0 Å². The number of hydrogen-bond acceptors (Lipinski definition) is 3. The minimum Gasteiger partial charge on any atom is -0.373 e. The van der Waals surface area contributed by atoms with Crippen LogP contribution in [-0.2, 0) is 0 Å². The number of rotatable bonds is 4. The Kier molecular flexibility index (Phi) is 5.08. The van der Waals surface area contributed by atoms with Gasteiger partial charge in [-0.15, -0.1) is 0 Å². The SMILES string of the molecule is C[C@@H](Nc1cc(Br)ccc1[N+](=O)[O-])c1ccc(Cl)cc1Cl. The lowest BCUT2D eigenvalue weighted by atomic mass is 10.1. The van der Waals surface area contributed by atoms with Gasteiger partial charge in [0.2, 0.25) is 0 Å². The van der Waals surface area contributed by atoms with Crippen LogP contribution in [0.5, 0.6) is 0 Å². The number of nitro groups is 1. The Hall–Kier alpha value is -1.30. The van der Waals surface area contributed by atoms with Gasteiger partial charge in [-0.05, 0) is 36.8 Å². The Labute approximate surface area is 140 Å². The molecule has 0 fully saturated rings. The summed E-state index contributed by atoms with van der Waals surface area (Å²) in [6, 6.07) is 9.71. The van der Waals surface area contributed by atoms with Crippen LogP contribution in [0.25, 0.3) is 0 Å². The van der Waals surface area contributed by atoms with Crippen LogP contribution < -0.4 is 5.32 Å². The Bertz CT molecular complexity index is 695. The molecule has 0 saturated carbocycles. The highest BCUT2D eigenvalue weighted by Gasteiger charge is 2.17. The lowest BCUT2D eigenvalue weighted by Gasteiger charge is -2.17. The van der Waals surface area contributed by atoms with Crippen LogP contribution in [0, 0.1) is 10.1 Å². The van der Waals surface area contributed by atoms with Gasteiger partial charge in [-0.25, -0.2) is 0 Å². The summed E-state index contributed by atoms with van der Waals surface area (Å²) in [5.74, 6) is 0. The Balaban J connectivity index is 2.33. The molecule has 4 nitrogen and oxygen atoms in total. The zero-order valence-electron chi connectivity index (χ0n) is 10.9. The van der Waals surface area contributed by atoms with E-state index in [0.29, 0.717) is 15.7 Å². The molecule has 21 heavy (non-hydrogen) atoms. The molecular weight excluding hydrogens is 379 g/mol. The van der Waals surface area contributed by atoms with E-state index < -0.39 is 4.92 Å². The molecule has 0 bridgehead atoms. The van der Waals surface area contributed by atoms with E-state index in [4.69, 9.17) is 23.2 Å². The summed E-state index contributed by atoms with van der Waals surface area (Å²) in [4.78, 5) is 10.6. The molecule has 0 aliphatic carbocycles. The molecule has 2 rings (SSSR count). The first-order valence-corrected chi connectivity index (χ1v) is 7.59. The van der Waals surface area contributed by atoms with Gasteiger partial charge in [0.25, 0.3) is 5.69 Å². The van der Waals surface area contributed by atoms with Crippen molar-refractivity contribution < 1.29 is 4.92 Å². The number of benzene rings is 2. The fourth-order valence-electron chi connectivity index (χ4n) is 1.95. The highest BCUT2D eigenvalue weighted by atomic mass is 79.9. The largest absolute Gasteiger partial charge is 0.373 e.